The molecule has 1 N–H and O–H groups in total. The van der Waals surface area contributed by atoms with Gasteiger partial charge in [-0.3, -0.25) is 9.59 Å². The van der Waals surface area contributed by atoms with E-state index in [0.717, 1.165) is 16.9 Å². The summed E-state index contributed by atoms with van der Waals surface area (Å²) < 4.78 is 16.5. The molecule has 1 atom stereocenters. The van der Waals surface area contributed by atoms with E-state index in [1.54, 1.807) is 37.4 Å². The lowest BCUT2D eigenvalue weighted by Gasteiger charge is -2.25. The molecule has 0 unspecified atom stereocenters. The van der Waals surface area contributed by atoms with Gasteiger partial charge in [-0.2, -0.15) is 0 Å². The number of hydrogen-bond acceptors (Lipinski definition) is 6. The maximum absolute atomic E-state index is 13.2. The first kappa shape index (κ1) is 26.3. The summed E-state index contributed by atoms with van der Waals surface area (Å²) >= 11 is 0. The number of carbonyl (C=O) groups excluding carboxylic acids is 2. The van der Waals surface area contributed by atoms with Gasteiger partial charge in [0.1, 0.15) is 17.3 Å². The number of carbonyl (C=O) groups is 2. The topological polar surface area (TPSA) is 85.3 Å². The number of ketones is 1. The first-order valence-corrected chi connectivity index (χ1v) is 12.0. The van der Waals surface area contributed by atoms with Crippen molar-refractivity contribution in [2.75, 3.05) is 33.5 Å². The van der Waals surface area contributed by atoms with Crippen LogP contribution in [0.2, 0.25) is 0 Å². The second-order valence-corrected chi connectivity index (χ2v) is 9.03. The molecular formula is C28H35NO6. The smallest absolute Gasteiger partial charge is 0.295 e. The van der Waals surface area contributed by atoms with Gasteiger partial charge in [0.05, 0.1) is 24.8 Å². The molecule has 0 bridgehead atoms. The van der Waals surface area contributed by atoms with Crippen LogP contribution in [0, 0.1) is 12.8 Å². The fraction of sp³-hybridized carbons (Fsp3) is 0.429. The minimum Gasteiger partial charge on any atom is -0.507 e. The third kappa shape index (κ3) is 6.03. The highest BCUT2D eigenvalue weighted by Gasteiger charge is 2.45. The predicted octanol–water partition coefficient (Wildman–Crippen LogP) is 4.89. The lowest BCUT2D eigenvalue weighted by Crippen LogP contribution is -2.31. The van der Waals surface area contributed by atoms with Crippen molar-refractivity contribution in [3.05, 3.63) is 64.7 Å². The van der Waals surface area contributed by atoms with Crippen molar-refractivity contribution in [2.45, 2.75) is 40.2 Å². The maximum Gasteiger partial charge on any atom is 0.295 e. The van der Waals surface area contributed by atoms with Crippen molar-refractivity contribution in [2.24, 2.45) is 5.92 Å². The molecular weight excluding hydrogens is 446 g/mol. The van der Waals surface area contributed by atoms with Crippen molar-refractivity contribution in [1.82, 2.24) is 4.90 Å². The van der Waals surface area contributed by atoms with Crippen molar-refractivity contribution >= 4 is 17.4 Å². The molecule has 3 rings (SSSR count). The van der Waals surface area contributed by atoms with Crippen LogP contribution in [0.4, 0.5) is 0 Å². The van der Waals surface area contributed by atoms with Gasteiger partial charge < -0.3 is 24.2 Å². The van der Waals surface area contributed by atoms with Crippen molar-refractivity contribution in [3.8, 4) is 11.5 Å². The van der Waals surface area contributed by atoms with Crippen LogP contribution >= 0.6 is 0 Å². The Hall–Kier alpha value is -3.32. The summed E-state index contributed by atoms with van der Waals surface area (Å²) in [6, 6.07) is 11.8. The number of likely N-dealkylation sites (tertiary alicyclic amines) is 1. The van der Waals surface area contributed by atoms with Gasteiger partial charge >= 0.3 is 0 Å². The lowest BCUT2D eigenvalue weighted by molar-refractivity contribution is -0.140. The van der Waals surface area contributed by atoms with Gasteiger partial charge in [0.15, 0.2) is 0 Å². The average Bonchev–Trinajstić information content (AvgIpc) is 3.08. The van der Waals surface area contributed by atoms with Gasteiger partial charge in [0.25, 0.3) is 11.7 Å². The third-order valence-electron chi connectivity index (χ3n) is 5.81. The Morgan fingerprint density at radius 2 is 1.80 bits per heavy atom. The van der Waals surface area contributed by atoms with E-state index in [2.05, 4.69) is 13.8 Å². The first-order chi connectivity index (χ1) is 16.8. The minimum absolute atomic E-state index is 0.0758. The number of amides is 1. The third-order valence-corrected chi connectivity index (χ3v) is 5.81. The van der Waals surface area contributed by atoms with Crippen LogP contribution in [0.15, 0.2) is 48.0 Å². The van der Waals surface area contributed by atoms with E-state index in [0.29, 0.717) is 50.0 Å². The fourth-order valence-corrected chi connectivity index (χ4v) is 4.12. The molecule has 2 aromatic rings. The standard InChI is InChI=1S/C28H35NO6/c1-6-34-22-11-8-20(9-12-22)25-24(27(31)28(32)29(25)14-7-15-33-5)26(30)21-10-13-23(19(4)16-21)35-17-18(2)3/h8-13,16,18,25,30H,6-7,14-15,17H2,1-5H3/t25-/m0/s1. The number of Topliss-reactive ketones (excluding diaryl/α,β-unsaturated/α-hetero) is 1. The van der Waals surface area contributed by atoms with Crippen LogP contribution in [0.5, 0.6) is 11.5 Å². The van der Waals surface area contributed by atoms with Gasteiger partial charge in [-0.15, -0.1) is 0 Å². The molecule has 7 nitrogen and oxygen atoms in total. The van der Waals surface area contributed by atoms with E-state index >= 15 is 0 Å². The van der Waals surface area contributed by atoms with Crippen molar-refractivity contribution in [3.63, 3.8) is 0 Å². The van der Waals surface area contributed by atoms with Crippen LogP contribution in [0.25, 0.3) is 5.76 Å². The van der Waals surface area contributed by atoms with Gasteiger partial charge in [0.2, 0.25) is 0 Å². The molecule has 1 amide bonds. The molecule has 0 spiro atoms. The largest absolute Gasteiger partial charge is 0.507 e. The van der Waals surface area contributed by atoms with Crippen LogP contribution in [-0.2, 0) is 14.3 Å². The van der Waals surface area contributed by atoms with Gasteiger partial charge in [0, 0.05) is 25.8 Å². The number of benzene rings is 2. The quantitative estimate of drug-likeness (QED) is 0.213. The maximum atomic E-state index is 13.2. The molecule has 0 aliphatic carbocycles. The Morgan fingerprint density at radius 3 is 2.40 bits per heavy atom. The van der Waals surface area contributed by atoms with Crippen LogP contribution in [0.3, 0.4) is 0 Å². The Balaban J connectivity index is 2.04. The number of aliphatic hydroxyl groups excluding tert-OH is 1. The molecule has 2 aromatic carbocycles. The Bertz CT molecular complexity index is 1070. The monoisotopic (exact) mass is 481 g/mol. The van der Waals surface area contributed by atoms with E-state index < -0.39 is 17.7 Å². The Kier molecular flexibility index (Phi) is 8.93. The van der Waals surface area contributed by atoms with Crippen LogP contribution in [0.1, 0.15) is 49.9 Å². The lowest BCUT2D eigenvalue weighted by atomic mass is 9.94. The number of rotatable bonds is 11. The van der Waals surface area contributed by atoms with Crippen LogP contribution in [-0.4, -0.2) is 55.2 Å². The molecule has 0 aromatic heterocycles. The zero-order chi connectivity index (χ0) is 25.5. The summed E-state index contributed by atoms with van der Waals surface area (Å²) in [7, 11) is 1.59. The van der Waals surface area contributed by atoms with Gasteiger partial charge in [-0.05, 0) is 67.6 Å². The average molecular weight is 482 g/mol. The highest BCUT2D eigenvalue weighted by atomic mass is 16.5. The van der Waals surface area contributed by atoms with E-state index in [1.165, 1.54) is 4.90 Å². The van der Waals surface area contributed by atoms with E-state index in [4.69, 9.17) is 14.2 Å². The SMILES string of the molecule is CCOc1ccc([C@H]2C(=C(O)c3ccc(OCC(C)C)c(C)c3)C(=O)C(=O)N2CCCOC)cc1. The molecule has 7 heteroatoms. The number of aliphatic hydroxyl groups is 1. The summed E-state index contributed by atoms with van der Waals surface area (Å²) in [6.07, 6.45) is 0.568. The van der Waals surface area contributed by atoms with E-state index in [-0.39, 0.29) is 11.3 Å². The van der Waals surface area contributed by atoms with E-state index in [1.807, 2.05) is 26.0 Å². The first-order valence-electron chi connectivity index (χ1n) is 12.0. The molecule has 1 saturated heterocycles. The molecule has 188 valence electrons. The number of hydrogen-bond donors (Lipinski definition) is 1. The summed E-state index contributed by atoms with van der Waals surface area (Å²) in [6.45, 7) is 9.83. The zero-order valence-corrected chi connectivity index (χ0v) is 21.2. The minimum atomic E-state index is -0.709. The molecule has 1 aliphatic heterocycles. The highest BCUT2D eigenvalue weighted by Crippen LogP contribution is 2.40. The van der Waals surface area contributed by atoms with Crippen molar-refractivity contribution in [1.29, 1.82) is 0 Å². The second-order valence-electron chi connectivity index (χ2n) is 9.03. The number of methoxy groups -OCH3 is 1. The Labute approximate surface area is 207 Å². The summed E-state index contributed by atoms with van der Waals surface area (Å²) in [4.78, 5) is 27.7. The number of ether oxygens (including phenoxy) is 3. The summed E-state index contributed by atoms with van der Waals surface area (Å²) in [5, 5.41) is 11.3. The predicted molar refractivity (Wildman–Crippen MR) is 135 cm³/mol. The second kappa shape index (κ2) is 11.9. The molecule has 1 fully saturated rings. The van der Waals surface area contributed by atoms with Crippen LogP contribution < -0.4 is 9.47 Å². The number of aryl methyl sites for hydroxylation is 1. The molecule has 0 radical (unpaired) electrons. The fourth-order valence-electron chi connectivity index (χ4n) is 4.12. The number of nitrogens with zero attached hydrogens (tertiary/aromatic N) is 1. The molecule has 0 saturated carbocycles. The Morgan fingerprint density at radius 1 is 1.09 bits per heavy atom. The van der Waals surface area contributed by atoms with E-state index in [9.17, 15) is 14.7 Å². The highest BCUT2D eigenvalue weighted by molar-refractivity contribution is 6.46. The van der Waals surface area contributed by atoms with Gasteiger partial charge in [-0.1, -0.05) is 26.0 Å². The molecule has 35 heavy (non-hydrogen) atoms. The van der Waals surface area contributed by atoms with Crippen molar-refractivity contribution < 1.29 is 28.9 Å². The summed E-state index contributed by atoms with van der Waals surface area (Å²) in [5.41, 5.74) is 2.10. The molecule has 1 aliphatic rings. The zero-order valence-electron chi connectivity index (χ0n) is 21.2. The molecule has 1 heterocycles. The normalized spacial score (nSPS) is 17.3. The van der Waals surface area contributed by atoms with Gasteiger partial charge in [-0.25, -0.2) is 0 Å². The summed E-state index contributed by atoms with van der Waals surface area (Å²) in [5.74, 6) is 0.269.